The standard InChI is InChI=1S/C27H40N4O2/c1-20(28-2)26(32)29-25(23-11-7-4-8-12-23)27(33)31-18-15-22-14-17-30(19-24(22)31)16-13-21-9-5-3-6-10-21/h3,5-6,9-10,13,16,20,22-25,28H,4,7-8,11-12,14-15,17-19H2,1-2H3,(H,29,32). The Hall–Kier alpha value is -2.34. The summed E-state index contributed by atoms with van der Waals surface area (Å²) in [6.45, 7) is 4.57. The van der Waals surface area contributed by atoms with Crippen LogP contribution in [0.4, 0.5) is 0 Å². The molecule has 33 heavy (non-hydrogen) atoms. The summed E-state index contributed by atoms with van der Waals surface area (Å²) in [5.41, 5.74) is 1.19. The van der Waals surface area contributed by atoms with Crippen molar-refractivity contribution in [1.82, 2.24) is 20.4 Å². The molecule has 3 fully saturated rings. The van der Waals surface area contributed by atoms with Crippen molar-refractivity contribution in [1.29, 1.82) is 0 Å². The van der Waals surface area contributed by atoms with E-state index < -0.39 is 6.04 Å². The number of likely N-dealkylation sites (N-methyl/N-ethyl adjacent to an activating group) is 1. The van der Waals surface area contributed by atoms with Gasteiger partial charge >= 0.3 is 0 Å². The lowest BCUT2D eigenvalue weighted by molar-refractivity contribution is -0.140. The number of fused-ring (bicyclic) bond motifs is 1. The van der Waals surface area contributed by atoms with Crippen molar-refractivity contribution < 1.29 is 9.59 Å². The number of benzene rings is 1. The number of nitrogens with one attached hydrogen (secondary N) is 2. The number of carbonyl (C=O) groups is 2. The number of hydrogen-bond donors (Lipinski definition) is 2. The van der Waals surface area contributed by atoms with Crippen molar-refractivity contribution >= 4 is 17.9 Å². The summed E-state index contributed by atoms with van der Waals surface area (Å²) in [7, 11) is 1.78. The van der Waals surface area contributed by atoms with Gasteiger partial charge in [0.2, 0.25) is 11.8 Å². The van der Waals surface area contributed by atoms with Gasteiger partial charge in [-0.05, 0) is 69.3 Å². The maximum absolute atomic E-state index is 13.9. The highest BCUT2D eigenvalue weighted by atomic mass is 16.2. The zero-order valence-electron chi connectivity index (χ0n) is 20.2. The van der Waals surface area contributed by atoms with Crippen LogP contribution < -0.4 is 10.6 Å². The van der Waals surface area contributed by atoms with Crippen molar-refractivity contribution in [3.8, 4) is 0 Å². The Balaban J connectivity index is 1.46. The topological polar surface area (TPSA) is 64.7 Å². The van der Waals surface area contributed by atoms with Crippen LogP contribution in [0.25, 0.3) is 6.08 Å². The molecule has 2 aliphatic heterocycles. The molecule has 1 saturated carbocycles. The van der Waals surface area contributed by atoms with Gasteiger partial charge in [-0.25, -0.2) is 0 Å². The molecule has 0 spiro atoms. The molecule has 6 heteroatoms. The largest absolute Gasteiger partial charge is 0.375 e. The maximum Gasteiger partial charge on any atom is 0.245 e. The van der Waals surface area contributed by atoms with Crippen LogP contribution in [0, 0.1) is 11.8 Å². The molecule has 1 aromatic carbocycles. The number of hydrogen-bond acceptors (Lipinski definition) is 4. The molecule has 4 unspecified atom stereocenters. The normalized spacial score (nSPS) is 25.6. The Morgan fingerprint density at radius 2 is 1.76 bits per heavy atom. The Labute approximate surface area is 198 Å². The lowest BCUT2D eigenvalue weighted by Gasteiger charge is -2.40. The van der Waals surface area contributed by atoms with E-state index in [1.807, 2.05) is 13.0 Å². The van der Waals surface area contributed by atoms with E-state index >= 15 is 0 Å². The lowest BCUT2D eigenvalue weighted by atomic mass is 9.83. The smallest absolute Gasteiger partial charge is 0.245 e. The molecule has 2 saturated heterocycles. The molecule has 2 N–H and O–H groups in total. The highest BCUT2D eigenvalue weighted by Crippen LogP contribution is 2.34. The van der Waals surface area contributed by atoms with E-state index in [2.05, 4.69) is 57.0 Å². The number of piperidine rings is 1. The van der Waals surface area contributed by atoms with Crippen LogP contribution in [0.1, 0.15) is 57.4 Å². The van der Waals surface area contributed by atoms with Crippen molar-refractivity contribution in [2.45, 2.75) is 70.0 Å². The number of amides is 2. The Kier molecular flexibility index (Phi) is 8.07. The Bertz CT molecular complexity index is 821. The molecule has 4 rings (SSSR count). The van der Waals surface area contributed by atoms with Crippen LogP contribution in [0.2, 0.25) is 0 Å². The van der Waals surface area contributed by atoms with Crippen LogP contribution in [0.15, 0.2) is 36.5 Å². The van der Waals surface area contributed by atoms with Gasteiger partial charge in [0, 0.05) is 19.6 Å². The number of rotatable bonds is 7. The van der Waals surface area contributed by atoms with Crippen molar-refractivity contribution in [3.63, 3.8) is 0 Å². The summed E-state index contributed by atoms with van der Waals surface area (Å²) in [5.74, 6) is 0.874. The van der Waals surface area contributed by atoms with Gasteiger partial charge < -0.3 is 20.4 Å². The van der Waals surface area contributed by atoms with E-state index in [1.54, 1.807) is 7.05 Å². The van der Waals surface area contributed by atoms with Crippen LogP contribution in [-0.2, 0) is 9.59 Å². The minimum atomic E-state index is -0.400. The van der Waals surface area contributed by atoms with Crippen LogP contribution in [-0.4, -0.2) is 66.4 Å². The first-order valence-corrected chi connectivity index (χ1v) is 12.8. The van der Waals surface area contributed by atoms with E-state index in [4.69, 9.17) is 0 Å². The van der Waals surface area contributed by atoms with Gasteiger partial charge in [0.1, 0.15) is 6.04 Å². The van der Waals surface area contributed by atoms with Crippen molar-refractivity contribution in [2.75, 3.05) is 26.7 Å². The SMILES string of the molecule is CNC(C)C(=O)NC(C(=O)N1CCC2CCN(C=Cc3ccccc3)CC21)C1CCCCC1. The summed E-state index contributed by atoms with van der Waals surface area (Å²) in [4.78, 5) is 31.1. The van der Waals surface area contributed by atoms with Crippen LogP contribution >= 0.6 is 0 Å². The van der Waals surface area contributed by atoms with Gasteiger partial charge in [-0.2, -0.15) is 0 Å². The van der Waals surface area contributed by atoms with E-state index in [-0.39, 0.29) is 29.8 Å². The molecular weight excluding hydrogens is 412 g/mol. The second kappa shape index (κ2) is 11.2. The van der Waals surface area contributed by atoms with E-state index in [0.29, 0.717) is 5.92 Å². The quantitative estimate of drug-likeness (QED) is 0.667. The molecule has 0 radical (unpaired) electrons. The van der Waals surface area contributed by atoms with E-state index in [1.165, 1.54) is 12.0 Å². The van der Waals surface area contributed by atoms with Gasteiger partial charge in [-0.3, -0.25) is 9.59 Å². The second-order valence-corrected chi connectivity index (χ2v) is 10.1. The third-order valence-corrected chi connectivity index (χ3v) is 7.97. The highest BCUT2D eigenvalue weighted by molar-refractivity contribution is 5.90. The second-order valence-electron chi connectivity index (χ2n) is 10.1. The van der Waals surface area contributed by atoms with E-state index in [9.17, 15) is 9.59 Å². The molecule has 6 nitrogen and oxygen atoms in total. The van der Waals surface area contributed by atoms with Gasteiger partial charge in [0.15, 0.2) is 0 Å². The van der Waals surface area contributed by atoms with Gasteiger partial charge in [-0.15, -0.1) is 0 Å². The fourth-order valence-corrected chi connectivity index (χ4v) is 5.77. The summed E-state index contributed by atoms with van der Waals surface area (Å²) in [6, 6.07) is 9.89. The number of nitrogens with zero attached hydrogens (tertiary/aromatic N) is 2. The van der Waals surface area contributed by atoms with Crippen molar-refractivity contribution in [2.24, 2.45) is 11.8 Å². The first kappa shape index (κ1) is 23.8. The zero-order valence-corrected chi connectivity index (χ0v) is 20.2. The first-order valence-electron chi connectivity index (χ1n) is 12.8. The molecule has 3 aliphatic rings. The van der Waals surface area contributed by atoms with Gasteiger partial charge in [-0.1, -0.05) is 49.6 Å². The zero-order chi connectivity index (χ0) is 23.2. The monoisotopic (exact) mass is 452 g/mol. The third kappa shape index (κ3) is 5.78. The number of likely N-dealkylation sites (tertiary alicyclic amines) is 2. The molecule has 2 heterocycles. The molecule has 0 aromatic heterocycles. The summed E-state index contributed by atoms with van der Waals surface area (Å²) >= 11 is 0. The molecule has 180 valence electrons. The average molecular weight is 453 g/mol. The summed E-state index contributed by atoms with van der Waals surface area (Å²) < 4.78 is 0. The molecule has 0 bridgehead atoms. The number of carbonyl (C=O) groups excluding carboxylic acids is 2. The lowest BCUT2D eigenvalue weighted by Crippen LogP contribution is -2.58. The molecule has 1 aliphatic carbocycles. The van der Waals surface area contributed by atoms with Crippen molar-refractivity contribution in [3.05, 3.63) is 42.1 Å². The average Bonchev–Trinajstić information content (AvgIpc) is 3.29. The molecular formula is C27H40N4O2. The fraction of sp³-hybridized carbons (Fsp3) is 0.630. The molecule has 1 aromatic rings. The highest BCUT2D eigenvalue weighted by Gasteiger charge is 2.44. The van der Waals surface area contributed by atoms with Crippen LogP contribution in [0.3, 0.4) is 0 Å². The molecule has 4 atom stereocenters. The third-order valence-electron chi connectivity index (χ3n) is 7.97. The minimum absolute atomic E-state index is 0.0757. The predicted octanol–water partition coefficient (Wildman–Crippen LogP) is 3.25. The Morgan fingerprint density at radius 3 is 2.48 bits per heavy atom. The summed E-state index contributed by atoms with van der Waals surface area (Å²) in [6.07, 6.45) is 12.1. The van der Waals surface area contributed by atoms with Gasteiger partial charge in [0.25, 0.3) is 0 Å². The van der Waals surface area contributed by atoms with Crippen LogP contribution in [0.5, 0.6) is 0 Å². The minimum Gasteiger partial charge on any atom is -0.375 e. The molecule has 2 amide bonds. The fourth-order valence-electron chi connectivity index (χ4n) is 5.77. The maximum atomic E-state index is 13.9. The first-order chi connectivity index (χ1) is 16.1. The Morgan fingerprint density at radius 1 is 1.03 bits per heavy atom. The van der Waals surface area contributed by atoms with Gasteiger partial charge in [0.05, 0.1) is 12.1 Å². The predicted molar refractivity (Wildman–Crippen MR) is 132 cm³/mol. The van der Waals surface area contributed by atoms with E-state index in [0.717, 1.165) is 58.2 Å². The summed E-state index contributed by atoms with van der Waals surface area (Å²) in [5, 5.41) is 6.16.